The molecule has 0 unspecified atom stereocenters. The smallest absolute Gasteiger partial charge is 0.0663 e. The molecule has 0 saturated heterocycles. The summed E-state index contributed by atoms with van der Waals surface area (Å²) in [7, 11) is 0. The van der Waals surface area contributed by atoms with Crippen LogP contribution >= 0.6 is 0 Å². The Hall–Kier alpha value is -1.54. The predicted octanol–water partition coefficient (Wildman–Crippen LogP) is 2.71. The van der Waals surface area contributed by atoms with Crippen molar-refractivity contribution in [3.8, 4) is 12.1 Å². The van der Waals surface area contributed by atoms with Crippen molar-refractivity contribution in [2.24, 2.45) is 0 Å². The van der Waals surface area contributed by atoms with E-state index in [9.17, 15) is 0 Å². The van der Waals surface area contributed by atoms with Crippen molar-refractivity contribution in [2.75, 3.05) is 0 Å². The molecule has 0 aromatic rings. The van der Waals surface area contributed by atoms with E-state index in [1.807, 2.05) is 36.4 Å². The van der Waals surface area contributed by atoms with Gasteiger partial charge in [0.1, 0.15) is 0 Å². The van der Waals surface area contributed by atoms with Gasteiger partial charge in [0.2, 0.25) is 0 Å². The van der Waals surface area contributed by atoms with Crippen molar-refractivity contribution in [1.82, 2.24) is 0 Å². The van der Waals surface area contributed by atoms with Gasteiger partial charge in [-0.05, 0) is 12.8 Å². The standard InChI is InChI=1S/C10H12N2/c11-9-7-5-3-1-2-4-6-8-10-12/h3-6H,1-2,7-8H2. The molecular formula is C10H12N2. The molecule has 0 rings (SSSR count). The summed E-state index contributed by atoms with van der Waals surface area (Å²) in [5.41, 5.74) is 0. The Labute approximate surface area is 73.4 Å². The first kappa shape index (κ1) is 10.5. The van der Waals surface area contributed by atoms with Gasteiger partial charge in [-0.2, -0.15) is 10.5 Å². The minimum absolute atomic E-state index is 0.488. The highest BCUT2D eigenvalue weighted by Crippen LogP contribution is 1.94. The molecule has 0 aromatic carbocycles. The Balaban J connectivity index is 3.23. The molecule has 0 bridgehead atoms. The molecule has 0 atom stereocenters. The zero-order chi connectivity index (χ0) is 9.07. The summed E-state index contributed by atoms with van der Waals surface area (Å²) < 4.78 is 0. The van der Waals surface area contributed by atoms with Gasteiger partial charge in [0.15, 0.2) is 0 Å². The Kier molecular flexibility index (Phi) is 8.25. The van der Waals surface area contributed by atoms with Crippen LogP contribution < -0.4 is 0 Å². The maximum atomic E-state index is 8.19. The molecule has 0 aliphatic heterocycles. The predicted molar refractivity (Wildman–Crippen MR) is 48.0 cm³/mol. The highest BCUT2D eigenvalue weighted by atomic mass is 14.2. The van der Waals surface area contributed by atoms with Gasteiger partial charge in [-0.15, -0.1) is 0 Å². The number of rotatable bonds is 5. The van der Waals surface area contributed by atoms with Crippen molar-refractivity contribution in [3.05, 3.63) is 24.3 Å². The Morgan fingerprint density at radius 2 is 1.17 bits per heavy atom. The quantitative estimate of drug-likeness (QED) is 0.458. The minimum Gasteiger partial charge on any atom is -0.198 e. The fourth-order valence-electron chi connectivity index (χ4n) is 0.700. The second-order valence-corrected chi connectivity index (χ2v) is 2.24. The van der Waals surface area contributed by atoms with E-state index in [-0.39, 0.29) is 0 Å². The molecule has 0 radical (unpaired) electrons. The fourth-order valence-corrected chi connectivity index (χ4v) is 0.700. The Bertz CT molecular complexity index is 199. The maximum absolute atomic E-state index is 8.19. The first-order valence-electron chi connectivity index (χ1n) is 3.95. The number of unbranched alkanes of at least 4 members (excludes halogenated alkanes) is 1. The first-order chi connectivity index (χ1) is 5.91. The normalized spacial score (nSPS) is 10.2. The van der Waals surface area contributed by atoms with Crippen LogP contribution in [0.5, 0.6) is 0 Å². The van der Waals surface area contributed by atoms with Crippen molar-refractivity contribution in [2.45, 2.75) is 25.7 Å². The molecule has 0 aliphatic rings. The van der Waals surface area contributed by atoms with Gasteiger partial charge >= 0.3 is 0 Å². The summed E-state index contributed by atoms with van der Waals surface area (Å²) >= 11 is 0. The van der Waals surface area contributed by atoms with Crippen LogP contribution in [0.25, 0.3) is 0 Å². The van der Waals surface area contributed by atoms with E-state index in [2.05, 4.69) is 0 Å². The van der Waals surface area contributed by atoms with Crippen LogP contribution in [0.1, 0.15) is 25.7 Å². The third kappa shape index (κ3) is 8.46. The molecule has 62 valence electrons. The molecule has 0 aromatic heterocycles. The Morgan fingerprint density at radius 3 is 1.50 bits per heavy atom. The number of nitrogens with zero attached hydrogens (tertiary/aromatic N) is 2. The van der Waals surface area contributed by atoms with Crippen molar-refractivity contribution in [3.63, 3.8) is 0 Å². The van der Waals surface area contributed by atoms with E-state index >= 15 is 0 Å². The number of nitriles is 2. The van der Waals surface area contributed by atoms with Gasteiger partial charge in [0.25, 0.3) is 0 Å². The monoisotopic (exact) mass is 160 g/mol. The van der Waals surface area contributed by atoms with Gasteiger partial charge in [0.05, 0.1) is 25.0 Å². The van der Waals surface area contributed by atoms with E-state index in [4.69, 9.17) is 10.5 Å². The largest absolute Gasteiger partial charge is 0.198 e. The van der Waals surface area contributed by atoms with Gasteiger partial charge < -0.3 is 0 Å². The summed E-state index contributed by atoms with van der Waals surface area (Å²) in [5, 5.41) is 16.4. The second-order valence-electron chi connectivity index (χ2n) is 2.24. The molecule has 0 heterocycles. The lowest BCUT2D eigenvalue weighted by atomic mass is 10.2. The van der Waals surface area contributed by atoms with E-state index < -0.39 is 0 Å². The van der Waals surface area contributed by atoms with Crippen LogP contribution in [0.3, 0.4) is 0 Å². The van der Waals surface area contributed by atoms with Crippen LogP contribution in [0.15, 0.2) is 24.3 Å². The molecular weight excluding hydrogens is 148 g/mol. The van der Waals surface area contributed by atoms with Crippen LogP contribution in [0, 0.1) is 22.7 Å². The molecule has 0 spiro atoms. The average Bonchev–Trinajstić information content (AvgIpc) is 2.10. The van der Waals surface area contributed by atoms with Gasteiger partial charge in [-0.3, -0.25) is 0 Å². The Morgan fingerprint density at radius 1 is 0.750 bits per heavy atom. The lowest BCUT2D eigenvalue weighted by molar-refractivity contribution is 1.04. The molecule has 2 nitrogen and oxygen atoms in total. The average molecular weight is 160 g/mol. The molecule has 0 aliphatic carbocycles. The topological polar surface area (TPSA) is 47.6 Å². The number of hydrogen-bond acceptors (Lipinski definition) is 2. The summed E-state index contributed by atoms with van der Waals surface area (Å²) in [6.45, 7) is 0. The summed E-state index contributed by atoms with van der Waals surface area (Å²) in [6.07, 6.45) is 10.6. The van der Waals surface area contributed by atoms with Crippen molar-refractivity contribution >= 4 is 0 Å². The van der Waals surface area contributed by atoms with Crippen LogP contribution in [-0.4, -0.2) is 0 Å². The fraction of sp³-hybridized carbons (Fsp3) is 0.400. The third-order valence-electron chi connectivity index (χ3n) is 1.25. The molecule has 2 heteroatoms. The molecule has 12 heavy (non-hydrogen) atoms. The van der Waals surface area contributed by atoms with E-state index in [1.54, 1.807) is 0 Å². The summed E-state index contributed by atoms with van der Waals surface area (Å²) in [6, 6.07) is 4.06. The first-order valence-corrected chi connectivity index (χ1v) is 3.95. The van der Waals surface area contributed by atoms with E-state index in [1.165, 1.54) is 0 Å². The second kappa shape index (κ2) is 9.46. The third-order valence-corrected chi connectivity index (χ3v) is 1.25. The molecule has 0 fully saturated rings. The minimum atomic E-state index is 0.488. The van der Waals surface area contributed by atoms with Crippen molar-refractivity contribution < 1.29 is 0 Å². The van der Waals surface area contributed by atoms with E-state index in [0.717, 1.165) is 12.8 Å². The van der Waals surface area contributed by atoms with Gasteiger partial charge in [-0.25, -0.2) is 0 Å². The van der Waals surface area contributed by atoms with E-state index in [0.29, 0.717) is 12.8 Å². The zero-order valence-corrected chi connectivity index (χ0v) is 7.03. The summed E-state index contributed by atoms with van der Waals surface area (Å²) in [5.74, 6) is 0. The summed E-state index contributed by atoms with van der Waals surface area (Å²) in [4.78, 5) is 0. The highest BCUT2D eigenvalue weighted by Gasteiger charge is 1.76. The lowest BCUT2D eigenvalue weighted by Crippen LogP contribution is -1.65. The number of hydrogen-bond donors (Lipinski definition) is 0. The highest BCUT2D eigenvalue weighted by molar-refractivity contribution is 4.94. The maximum Gasteiger partial charge on any atom is 0.0663 e. The van der Waals surface area contributed by atoms with Crippen LogP contribution in [-0.2, 0) is 0 Å². The zero-order valence-electron chi connectivity index (χ0n) is 7.03. The number of allylic oxidation sites excluding steroid dienone is 4. The lowest BCUT2D eigenvalue weighted by Gasteiger charge is -1.83. The molecule has 0 saturated carbocycles. The molecule has 0 amide bonds. The van der Waals surface area contributed by atoms with Gasteiger partial charge in [0, 0.05) is 0 Å². The van der Waals surface area contributed by atoms with Gasteiger partial charge in [-0.1, -0.05) is 24.3 Å². The van der Waals surface area contributed by atoms with Crippen molar-refractivity contribution in [1.29, 1.82) is 10.5 Å². The molecule has 0 N–H and O–H groups in total. The van der Waals surface area contributed by atoms with Crippen LogP contribution in [0.4, 0.5) is 0 Å². The SMILES string of the molecule is N#CCC=CCCC=CCC#N. The van der Waals surface area contributed by atoms with Crippen LogP contribution in [0.2, 0.25) is 0 Å².